The summed E-state index contributed by atoms with van der Waals surface area (Å²) in [6, 6.07) is 6.05. The molecule has 0 fully saturated rings. The number of hydrogen-bond donors (Lipinski definition) is 0. The average molecular weight is 236 g/mol. The minimum atomic E-state index is -0.399. The van der Waals surface area contributed by atoms with E-state index in [0.717, 1.165) is 16.1 Å². The van der Waals surface area contributed by atoms with E-state index in [-0.39, 0.29) is 0 Å². The lowest BCUT2D eigenvalue weighted by Crippen LogP contribution is -2.22. The number of rotatable bonds is 1. The van der Waals surface area contributed by atoms with Crippen molar-refractivity contribution >= 4 is 28.5 Å². The Bertz CT molecular complexity index is 471. The molecule has 5 heteroatoms. The highest BCUT2D eigenvalue weighted by Gasteiger charge is 2.22. The molecule has 0 N–H and O–H groups in total. The van der Waals surface area contributed by atoms with E-state index in [4.69, 9.17) is 0 Å². The number of carbonyl (C=O) groups is 1. The number of fused-ring (bicyclic) bond motifs is 1. The van der Waals surface area contributed by atoms with Crippen LogP contribution in [0.2, 0.25) is 0 Å². The van der Waals surface area contributed by atoms with Crippen molar-refractivity contribution in [2.75, 3.05) is 19.2 Å². The number of benzene rings is 1. The van der Waals surface area contributed by atoms with Crippen LogP contribution in [0, 0.1) is 6.92 Å². The van der Waals surface area contributed by atoms with E-state index in [1.165, 1.54) is 18.9 Å². The molecule has 0 amide bonds. The largest absolute Gasteiger partial charge is 0.464 e. The monoisotopic (exact) mass is 236 g/mol. The van der Waals surface area contributed by atoms with Crippen LogP contribution in [0.4, 0.5) is 5.69 Å². The van der Waals surface area contributed by atoms with Gasteiger partial charge < -0.3 is 4.74 Å². The summed E-state index contributed by atoms with van der Waals surface area (Å²) in [4.78, 5) is 12.4. The number of nitrogens with zero attached hydrogens (tertiary/aromatic N) is 2. The number of carbonyl (C=O) groups excluding carboxylic acids is 1. The zero-order valence-corrected chi connectivity index (χ0v) is 10.2. The van der Waals surface area contributed by atoms with Gasteiger partial charge in [0.05, 0.1) is 12.8 Å². The predicted molar refractivity (Wildman–Crippen MR) is 64.9 cm³/mol. The van der Waals surface area contributed by atoms with E-state index < -0.39 is 5.97 Å². The van der Waals surface area contributed by atoms with Crippen LogP contribution in [0.15, 0.2) is 28.2 Å². The van der Waals surface area contributed by atoms with Gasteiger partial charge >= 0.3 is 5.97 Å². The molecule has 0 saturated carbocycles. The SMILES string of the molecule is COC(=O)C1=NN(C)c2ccc(C)cc2S1. The fourth-order valence-electron chi connectivity index (χ4n) is 1.45. The van der Waals surface area contributed by atoms with Crippen molar-refractivity contribution in [2.24, 2.45) is 5.10 Å². The molecule has 0 aromatic heterocycles. The third kappa shape index (κ3) is 1.90. The number of methoxy groups -OCH3 is 1. The fraction of sp³-hybridized carbons (Fsp3) is 0.273. The van der Waals surface area contributed by atoms with Gasteiger partial charge in [-0.1, -0.05) is 17.8 Å². The zero-order chi connectivity index (χ0) is 11.7. The third-order valence-corrected chi connectivity index (χ3v) is 3.26. The van der Waals surface area contributed by atoms with Gasteiger partial charge in [0.25, 0.3) is 0 Å². The number of ether oxygens (including phenoxy) is 1. The van der Waals surface area contributed by atoms with E-state index in [1.807, 2.05) is 32.2 Å². The van der Waals surface area contributed by atoms with Crippen LogP contribution in [-0.4, -0.2) is 25.2 Å². The fourth-order valence-corrected chi connectivity index (χ4v) is 2.54. The Hall–Kier alpha value is -1.49. The molecule has 2 rings (SSSR count). The normalized spacial score (nSPS) is 14.2. The van der Waals surface area contributed by atoms with Gasteiger partial charge in [-0.05, 0) is 24.6 Å². The molecule has 1 aromatic carbocycles. The van der Waals surface area contributed by atoms with E-state index >= 15 is 0 Å². The van der Waals surface area contributed by atoms with Gasteiger partial charge in [-0.25, -0.2) is 4.79 Å². The van der Waals surface area contributed by atoms with Gasteiger partial charge in [-0.15, -0.1) is 0 Å². The summed E-state index contributed by atoms with van der Waals surface area (Å²) in [7, 11) is 3.17. The molecule has 4 nitrogen and oxygen atoms in total. The summed E-state index contributed by atoms with van der Waals surface area (Å²) in [5, 5.41) is 6.22. The van der Waals surface area contributed by atoms with Gasteiger partial charge in [0.2, 0.25) is 5.04 Å². The van der Waals surface area contributed by atoms with Crippen molar-refractivity contribution < 1.29 is 9.53 Å². The Kier molecular flexibility index (Phi) is 2.87. The van der Waals surface area contributed by atoms with Crippen molar-refractivity contribution in [1.29, 1.82) is 0 Å². The summed E-state index contributed by atoms with van der Waals surface area (Å²) in [5.41, 5.74) is 2.16. The van der Waals surface area contributed by atoms with Crippen molar-refractivity contribution in [3.05, 3.63) is 23.8 Å². The maximum atomic E-state index is 11.4. The third-order valence-electron chi connectivity index (χ3n) is 2.27. The lowest BCUT2D eigenvalue weighted by molar-refractivity contribution is -0.132. The summed E-state index contributed by atoms with van der Waals surface area (Å²) >= 11 is 1.34. The van der Waals surface area contributed by atoms with Gasteiger partial charge in [0.1, 0.15) is 0 Å². The van der Waals surface area contributed by atoms with Gasteiger partial charge in [-0.2, -0.15) is 5.10 Å². The highest BCUT2D eigenvalue weighted by molar-refractivity contribution is 8.15. The second kappa shape index (κ2) is 4.17. The van der Waals surface area contributed by atoms with Crippen LogP contribution in [0.5, 0.6) is 0 Å². The number of hydrogen-bond acceptors (Lipinski definition) is 5. The zero-order valence-electron chi connectivity index (χ0n) is 9.35. The van der Waals surface area contributed by atoms with Crippen molar-refractivity contribution in [2.45, 2.75) is 11.8 Å². The molecule has 1 aliphatic rings. The standard InChI is InChI=1S/C11H12N2O2S/c1-7-4-5-8-9(6-7)16-10(11(14)15-3)12-13(8)2/h4-6H,1-3H3. The van der Waals surface area contributed by atoms with Crippen molar-refractivity contribution in [3.8, 4) is 0 Å². The number of anilines is 1. The van der Waals surface area contributed by atoms with Crippen LogP contribution in [0.1, 0.15) is 5.56 Å². The van der Waals surface area contributed by atoms with E-state index in [0.29, 0.717) is 5.04 Å². The van der Waals surface area contributed by atoms with Crippen LogP contribution < -0.4 is 5.01 Å². The molecule has 84 valence electrons. The van der Waals surface area contributed by atoms with E-state index in [2.05, 4.69) is 9.84 Å². The Morgan fingerprint density at radius 3 is 2.94 bits per heavy atom. The minimum absolute atomic E-state index is 0.364. The number of aryl methyl sites for hydroxylation is 1. The Balaban J connectivity index is 2.38. The summed E-state index contributed by atoms with van der Waals surface area (Å²) in [6.45, 7) is 2.02. The Labute approximate surface area is 98.3 Å². The smallest absolute Gasteiger partial charge is 0.365 e. The predicted octanol–water partition coefficient (Wildman–Crippen LogP) is 2.02. The molecule has 0 aliphatic carbocycles. The molecule has 0 atom stereocenters. The number of esters is 1. The second-order valence-electron chi connectivity index (χ2n) is 3.49. The highest BCUT2D eigenvalue weighted by Crippen LogP contribution is 2.35. The van der Waals surface area contributed by atoms with Crippen LogP contribution >= 0.6 is 11.8 Å². The van der Waals surface area contributed by atoms with Crippen molar-refractivity contribution in [1.82, 2.24) is 0 Å². The van der Waals surface area contributed by atoms with Gasteiger partial charge in [-0.3, -0.25) is 5.01 Å². The summed E-state index contributed by atoms with van der Waals surface area (Å²) in [6.07, 6.45) is 0. The summed E-state index contributed by atoms with van der Waals surface area (Å²) in [5.74, 6) is -0.399. The molecule has 0 bridgehead atoms. The average Bonchev–Trinajstić information content (AvgIpc) is 2.27. The van der Waals surface area contributed by atoms with Crippen LogP contribution in [0.3, 0.4) is 0 Å². The maximum Gasteiger partial charge on any atom is 0.365 e. The molecule has 0 unspecified atom stereocenters. The molecule has 1 aromatic rings. The summed E-state index contributed by atoms with van der Waals surface area (Å²) < 4.78 is 4.67. The molecule has 16 heavy (non-hydrogen) atoms. The second-order valence-corrected chi connectivity index (χ2v) is 4.52. The number of thioether (sulfide) groups is 1. The minimum Gasteiger partial charge on any atom is -0.464 e. The topological polar surface area (TPSA) is 41.9 Å². The first-order valence-electron chi connectivity index (χ1n) is 4.81. The van der Waals surface area contributed by atoms with Crippen molar-refractivity contribution in [3.63, 3.8) is 0 Å². The van der Waals surface area contributed by atoms with Crippen LogP contribution in [0.25, 0.3) is 0 Å². The first-order valence-corrected chi connectivity index (χ1v) is 5.62. The van der Waals surface area contributed by atoms with Gasteiger partial charge in [0, 0.05) is 11.9 Å². The van der Waals surface area contributed by atoms with Crippen LogP contribution in [-0.2, 0) is 9.53 Å². The lowest BCUT2D eigenvalue weighted by atomic mass is 10.2. The Morgan fingerprint density at radius 2 is 2.25 bits per heavy atom. The first-order chi connectivity index (χ1) is 7.61. The quantitative estimate of drug-likeness (QED) is 0.700. The Morgan fingerprint density at radius 1 is 1.50 bits per heavy atom. The first kappa shape index (κ1) is 11.0. The van der Waals surface area contributed by atoms with Gasteiger partial charge in [0.15, 0.2) is 0 Å². The van der Waals surface area contributed by atoms with E-state index in [1.54, 1.807) is 5.01 Å². The maximum absolute atomic E-state index is 11.4. The molecule has 0 saturated heterocycles. The lowest BCUT2D eigenvalue weighted by Gasteiger charge is -2.23. The van der Waals surface area contributed by atoms with E-state index in [9.17, 15) is 4.79 Å². The molecule has 0 spiro atoms. The molecular formula is C11H12N2O2S. The molecule has 0 radical (unpaired) electrons. The molecule has 1 aliphatic heterocycles. The number of hydrazone groups is 1. The molecule has 1 heterocycles. The molecular weight excluding hydrogens is 224 g/mol. The highest BCUT2D eigenvalue weighted by atomic mass is 32.2.